The van der Waals surface area contributed by atoms with Crippen LogP contribution >= 0.6 is 0 Å². The van der Waals surface area contributed by atoms with Crippen molar-refractivity contribution in [2.24, 2.45) is 11.8 Å². The highest BCUT2D eigenvalue weighted by atomic mass is 28.3. The molecule has 0 amide bonds. The van der Waals surface area contributed by atoms with Gasteiger partial charge in [0, 0.05) is 0 Å². The maximum Gasteiger partial charge on any atom is 0.480 e. The summed E-state index contributed by atoms with van der Waals surface area (Å²) in [7, 11) is 0.603. The van der Waals surface area contributed by atoms with Crippen LogP contribution in [0.1, 0.15) is 44.9 Å². The third-order valence-electron chi connectivity index (χ3n) is 3.66. The van der Waals surface area contributed by atoms with Crippen LogP contribution in [0.3, 0.4) is 0 Å². The molecule has 0 bridgehead atoms. The van der Waals surface area contributed by atoms with Gasteiger partial charge in [0.05, 0.1) is 13.4 Å². The third kappa shape index (κ3) is 3.48. The summed E-state index contributed by atoms with van der Waals surface area (Å²) >= 11 is 0. The smallest absolute Gasteiger partial charge is 0.480 e. The molecule has 2 aliphatic carbocycles. The SMILES string of the molecule is CO[Si](=CC1CCCC1)OC=CC1CCC1. The Morgan fingerprint density at radius 3 is 2.25 bits per heavy atom. The van der Waals surface area contributed by atoms with Crippen LogP contribution in [0.15, 0.2) is 12.3 Å². The zero-order chi connectivity index (χ0) is 11.2. The number of rotatable bonds is 5. The van der Waals surface area contributed by atoms with Crippen molar-refractivity contribution in [3.05, 3.63) is 12.3 Å². The van der Waals surface area contributed by atoms with Crippen LogP contribution in [0, 0.1) is 11.8 Å². The summed E-state index contributed by atoms with van der Waals surface area (Å²) in [4.78, 5) is 0. The first-order valence-electron chi connectivity index (χ1n) is 6.47. The maximum absolute atomic E-state index is 5.70. The second-order valence-corrected chi connectivity index (χ2v) is 6.49. The maximum atomic E-state index is 5.70. The number of allylic oxidation sites excluding steroid dienone is 1. The quantitative estimate of drug-likeness (QED) is 0.541. The van der Waals surface area contributed by atoms with Gasteiger partial charge in [-0.25, -0.2) is 0 Å². The van der Waals surface area contributed by atoms with Crippen molar-refractivity contribution in [3.63, 3.8) is 0 Å². The molecule has 2 fully saturated rings. The molecule has 0 spiro atoms. The standard InChI is InChI=1S/C13H22O2Si/c1-14-16(11-13-5-2-3-6-13)15-10-9-12-7-4-8-12/h9-13H,2-8H2,1H3. The topological polar surface area (TPSA) is 18.5 Å². The first-order chi connectivity index (χ1) is 7.88. The van der Waals surface area contributed by atoms with E-state index in [0.717, 1.165) is 11.8 Å². The Balaban J connectivity index is 1.76. The van der Waals surface area contributed by atoms with Crippen molar-refractivity contribution >= 4 is 14.6 Å². The molecule has 2 saturated carbocycles. The van der Waals surface area contributed by atoms with E-state index in [0.29, 0.717) is 0 Å². The molecular weight excluding hydrogens is 216 g/mol. The number of hydrogen-bond acceptors (Lipinski definition) is 2. The Labute approximate surface area is 100 Å². The van der Waals surface area contributed by atoms with E-state index >= 15 is 0 Å². The zero-order valence-electron chi connectivity index (χ0n) is 10.2. The summed E-state index contributed by atoms with van der Waals surface area (Å²) in [5.41, 5.74) is 2.32. The molecule has 0 aliphatic heterocycles. The van der Waals surface area contributed by atoms with E-state index in [1.54, 1.807) is 7.11 Å². The van der Waals surface area contributed by atoms with Gasteiger partial charge in [-0.1, -0.05) is 19.3 Å². The van der Waals surface area contributed by atoms with Crippen molar-refractivity contribution in [1.82, 2.24) is 0 Å². The van der Waals surface area contributed by atoms with Gasteiger partial charge in [0.1, 0.15) is 0 Å². The molecule has 0 aromatic carbocycles. The van der Waals surface area contributed by atoms with Crippen molar-refractivity contribution in [3.8, 4) is 0 Å². The van der Waals surface area contributed by atoms with Gasteiger partial charge in [0.2, 0.25) is 0 Å². The zero-order valence-corrected chi connectivity index (χ0v) is 11.2. The lowest BCUT2D eigenvalue weighted by atomic mass is 9.86. The van der Waals surface area contributed by atoms with E-state index in [1.807, 2.05) is 6.26 Å². The minimum atomic E-state index is -1.16. The Kier molecular flexibility index (Phi) is 4.64. The van der Waals surface area contributed by atoms with Crippen molar-refractivity contribution in [1.29, 1.82) is 0 Å². The molecule has 2 aliphatic rings. The van der Waals surface area contributed by atoms with E-state index in [-0.39, 0.29) is 0 Å². The summed E-state index contributed by atoms with van der Waals surface area (Å²) < 4.78 is 11.1. The molecule has 3 heteroatoms. The predicted octanol–water partition coefficient (Wildman–Crippen LogP) is 3.03. The molecule has 90 valence electrons. The highest BCUT2D eigenvalue weighted by Crippen LogP contribution is 2.27. The van der Waals surface area contributed by atoms with Gasteiger partial charge in [-0.05, 0) is 49.3 Å². The van der Waals surface area contributed by atoms with Gasteiger partial charge in [-0.2, -0.15) is 0 Å². The average molecular weight is 238 g/mol. The van der Waals surface area contributed by atoms with Crippen LogP contribution in [0.25, 0.3) is 0 Å². The normalized spacial score (nSPS) is 23.7. The highest BCUT2D eigenvalue weighted by Gasteiger charge is 2.16. The molecule has 2 nitrogen and oxygen atoms in total. The Morgan fingerprint density at radius 1 is 1.00 bits per heavy atom. The van der Waals surface area contributed by atoms with Gasteiger partial charge in [-0.15, -0.1) is 0 Å². The van der Waals surface area contributed by atoms with Gasteiger partial charge in [0.15, 0.2) is 0 Å². The number of hydrogen-bond donors (Lipinski definition) is 0. The molecule has 0 saturated heterocycles. The van der Waals surface area contributed by atoms with E-state index in [4.69, 9.17) is 8.85 Å². The van der Waals surface area contributed by atoms with Gasteiger partial charge in [0.25, 0.3) is 0 Å². The van der Waals surface area contributed by atoms with Gasteiger partial charge < -0.3 is 8.85 Å². The fourth-order valence-electron chi connectivity index (χ4n) is 2.32. The molecule has 0 unspecified atom stereocenters. The lowest BCUT2D eigenvalue weighted by Gasteiger charge is -2.21. The summed E-state index contributed by atoms with van der Waals surface area (Å²) in [5.74, 6) is 1.51. The van der Waals surface area contributed by atoms with Crippen LogP contribution in [-0.4, -0.2) is 21.7 Å². The second kappa shape index (κ2) is 6.23. The van der Waals surface area contributed by atoms with Crippen LogP contribution in [0.5, 0.6) is 0 Å². The third-order valence-corrected chi connectivity index (χ3v) is 5.17. The van der Waals surface area contributed by atoms with E-state index in [9.17, 15) is 0 Å². The molecular formula is C13H22O2Si. The van der Waals surface area contributed by atoms with Crippen molar-refractivity contribution in [2.45, 2.75) is 44.9 Å². The fraction of sp³-hybridized carbons (Fsp3) is 0.769. The second-order valence-electron chi connectivity index (χ2n) is 4.87. The first-order valence-corrected chi connectivity index (χ1v) is 7.87. The van der Waals surface area contributed by atoms with Crippen molar-refractivity contribution < 1.29 is 8.85 Å². The van der Waals surface area contributed by atoms with Crippen molar-refractivity contribution in [2.75, 3.05) is 7.11 Å². The Bertz CT molecular complexity index is 263. The minimum absolute atomic E-state index is 0.742. The minimum Gasteiger partial charge on any atom is -0.526 e. The molecule has 0 atom stereocenters. The molecule has 0 radical (unpaired) electrons. The summed E-state index contributed by atoms with van der Waals surface area (Å²) in [6.45, 7) is 0. The summed E-state index contributed by atoms with van der Waals surface area (Å²) in [6, 6.07) is 0. The summed E-state index contributed by atoms with van der Waals surface area (Å²) in [6.07, 6.45) is 13.5. The Morgan fingerprint density at radius 2 is 1.69 bits per heavy atom. The molecule has 16 heavy (non-hydrogen) atoms. The van der Waals surface area contributed by atoms with Crippen LogP contribution in [-0.2, 0) is 8.85 Å². The molecule has 0 heterocycles. The lowest BCUT2D eigenvalue weighted by molar-refractivity contribution is 0.323. The molecule has 0 aromatic rings. The van der Waals surface area contributed by atoms with E-state index < -0.39 is 8.90 Å². The monoisotopic (exact) mass is 238 g/mol. The largest absolute Gasteiger partial charge is 0.526 e. The predicted molar refractivity (Wildman–Crippen MR) is 68.4 cm³/mol. The Hall–Kier alpha value is -0.573. The molecule has 0 aromatic heterocycles. The average Bonchev–Trinajstić information content (AvgIpc) is 2.72. The van der Waals surface area contributed by atoms with Crippen LogP contribution < -0.4 is 0 Å². The van der Waals surface area contributed by atoms with E-state index in [1.165, 1.54) is 44.9 Å². The highest BCUT2D eigenvalue weighted by molar-refractivity contribution is 6.54. The lowest BCUT2D eigenvalue weighted by Crippen LogP contribution is -2.16. The van der Waals surface area contributed by atoms with E-state index in [2.05, 4.69) is 11.7 Å². The van der Waals surface area contributed by atoms with Gasteiger partial charge >= 0.3 is 8.90 Å². The van der Waals surface area contributed by atoms with Gasteiger partial charge in [-0.3, -0.25) is 0 Å². The first kappa shape index (κ1) is 11.9. The fourth-order valence-corrected chi connectivity index (χ4v) is 3.56. The summed E-state index contributed by atoms with van der Waals surface area (Å²) in [5, 5.41) is 0. The van der Waals surface area contributed by atoms with Crippen LogP contribution in [0.4, 0.5) is 0 Å². The molecule has 0 N–H and O–H groups in total. The molecule has 2 rings (SSSR count). The van der Waals surface area contributed by atoms with Crippen LogP contribution in [0.2, 0.25) is 0 Å².